The molecule has 0 bridgehead atoms. The molecule has 5 heteroatoms. The summed E-state index contributed by atoms with van der Waals surface area (Å²) in [5.74, 6) is 0.189. The summed E-state index contributed by atoms with van der Waals surface area (Å²) in [7, 11) is 1.98. The van der Waals surface area contributed by atoms with Crippen molar-refractivity contribution in [3.8, 4) is 0 Å². The molecule has 1 amide bonds. The Morgan fingerprint density at radius 2 is 1.83 bits per heavy atom. The Morgan fingerprint density at radius 3 is 2.54 bits per heavy atom. The molecule has 0 spiro atoms. The molecule has 3 rings (SSSR count). The standard InChI is InChI=1S/C19H27ClN2O.ClH/c1-21(19(23)14-15-8-2-3-9-16(15)20)17-10-4-5-11-18(17)22-12-6-7-13-22;/h2-3,8-9,17-18H,4-7,10-14H2,1H3;1H/t17-,18+;/m1./s1. The van der Waals surface area contributed by atoms with Gasteiger partial charge < -0.3 is 4.90 Å². The SMILES string of the molecule is CN(C(=O)Cc1ccccc1Cl)[C@@H]1CCCC[C@@H]1N1CCCC1.Cl. The third kappa shape index (κ3) is 4.44. The lowest BCUT2D eigenvalue weighted by Crippen LogP contribution is -2.53. The molecule has 1 aliphatic heterocycles. The maximum atomic E-state index is 12.8. The lowest BCUT2D eigenvalue weighted by Gasteiger charge is -2.42. The molecule has 0 unspecified atom stereocenters. The second kappa shape index (κ2) is 9.07. The van der Waals surface area contributed by atoms with Gasteiger partial charge in [-0.2, -0.15) is 0 Å². The van der Waals surface area contributed by atoms with E-state index in [2.05, 4.69) is 4.90 Å². The molecule has 1 aromatic carbocycles. The summed E-state index contributed by atoms with van der Waals surface area (Å²) in [4.78, 5) is 17.4. The average molecular weight is 371 g/mol. The van der Waals surface area contributed by atoms with Crippen LogP contribution in [-0.4, -0.2) is 47.9 Å². The molecule has 3 nitrogen and oxygen atoms in total. The van der Waals surface area contributed by atoms with E-state index in [0.717, 1.165) is 12.0 Å². The number of amides is 1. The Hall–Kier alpha value is -0.770. The molecule has 2 fully saturated rings. The highest BCUT2D eigenvalue weighted by molar-refractivity contribution is 6.31. The molecular formula is C19H28Cl2N2O. The first-order valence-corrected chi connectivity index (χ1v) is 9.28. The smallest absolute Gasteiger partial charge is 0.227 e. The van der Waals surface area contributed by atoms with Crippen LogP contribution in [0.25, 0.3) is 0 Å². The largest absolute Gasteiger partial charge is 0.341 e. The van der Waals surface area contributed by atoms with Gasteiger partial charge in [0.2, 0.25) is 5.91 Å². The van der Waals surface area contributed by atoms with Gasteiger partial charge in [0.15, 0.2) is 0 Å². The maximum absolute atomic E-state index is 12.8. The summed E-state index contributed by atoms with van der Waals surface area (Å²) < 4.78 is 0. The quantitative estimate of drug-likeness (QED) is 0.793. The third-order valence-corrected chi connectivity index (χ3v) is 5.86. The fourth-order valence-electron chi connectivity index (χ4n) is 4.16. The van der Waals surface area contributed by atoms with Crippen LogP contribution in [0.2, 0.25) is 5.02 Å². The molecule has 1 aliphatic carbocycles. The Labute approximate surface area is 156 Å². The van der Waals surface area contributed by atoms with E-state index in [1.54, 1.807) is 0 Å². The van der Waals surface area contributed by atoms with Gasteiger partial charge in [-0.3, -0.25) is 9.69 Å². The number of carbonyl (C=O) groups excluding carboxylic acids is 1. The van der Waals surface area contributed by atoms with E-state index < -0.39 is 0 Å². The molecule has 0 radical (unpaired) electrons. The van der Waals surface area contributed by atoms with Gasteiger partial charge >= 0.3 is 0 Å². The number of hydrogen-bond donors (Lipinski definition) is 0. The van der Waals surface area contributed by atoms with Crippen LogP contribution in [0.5, 0.6) is 0 Å². The van der Waals surface area contributed by atoms with Crippen LogP contribution in [0, 0.1) is 0 Å². The van der Waals surface area contributed by atoms with Gasteiger partial charge in [-0.15, -0.1) is 12.4 Å². The van der Waals surface area contributed by atoms with Crippen molar-refractivity contribution in [2.75, 3.05) is 20.1 Å². The van der Waals surface area contributed by atoms with E-state index in [1.165, 1.54) is 45.2 Å². The second-order valence-electron chi connectivity index (χ2n) is 6.94. The Bertz CT molecular complexity index is 546. The highest BCUT2D eigenvalue weighted by atomic mass is 35.5. The zero-order chi connectivity index (χ0) is 16.2. The van der Waals surface area contributed by atoms with Crippen LogP contribution < -0.4 is 0 Å². The molecule has 2 aliphatic rings. The van der Waals surface area contributed by atoms with Crippen molar-refractivity contribution in [2.45, 2.75) is 57.0 Å². The van der Waals surface area contributed by atoms with Crippen molar-refractivity contribution in [1.29, 1.82) is 0 Å². The first-order chi connectivity index (χ1) is 11.2. The fourth-order valence-corrected chi connectivity index (χ4v) is 4.36. The summed E-state index contributed by atoms with van der Waals surface area (Å²) in [6.07, 6.45) is 7.91. The summed E-state index contributed by atoms with van der Waals surface area (Å²) >= 11 is 6.21. The summed E-state index contributed by atoms with van der Waals surface area (Å²) in [5, 5.41) is 0.689. The van der Waals surface area contributed by atoms with E-state index >= 15 is 0 Å². The number of carbonyl (C=O) groups is 1. The minimum Gasteiger partial charge on any atom is -0.341 e. The van der Waals surface area contributed by atoms with Gasteiger partial charge in [-0.1, -0.05) is 42.6 Å². The van der Waals surface area contributed by atoms with E-state index in [0.29, 0.717) is 23.5 Å². The number of nitrogens with zero attached hydrogens (tertiary/aromatic N) is 2. The Kier molecular flexibility index (Phi) is 7.39. The number of hydrogen-bond acceptors (Lipinski definition) is 2. The molecule has 1 heterocycles. The molecule has 0 aromatic heterocycles. The van der Waals surface area contributed by atoms with Crippen molar-refractivity contribution in [3.63, 3.8) is 0 Å². The number of benzene rings is 1. The van der Waals surface area contributed by atoms with E-state index in [9.17, 15) is 4.79 Å². The van der Waals surface area contributed by atoms with Gasteiger partial charge in [0.1, 0.15) is 0 Å². The van der Waals surface area contributed by atoms with Crippen LogP contribution in [0.1, 0.15) is 44.1 Å². The van der Waals surface area contributed by atoms with Crippen LogP contribution in [0.4, 0.5) is 0 Å². The molecule has 24 heavy (non-hydrogen) atoms. The van der Waals surface area contributed by atoms with Crippen molar-refractivity contribution in [2.24, 2.45) is 0 Å². The Morgan fingerprint density at radius 1 is 1.17 bits per heavy atom. The number of likely N-dealkylation sites (N-methyl/N-ethyl adjacent to an activating group) is 1. The van der Waals surface area contributed by atoms with E-state index in [4.69, 9.17) is 11.6 Å². The first kappa shape index (κ1) is 19.6. The van der Waals surface area contributed by atoms with Gasteiger partial charge in [0, 0.05) is 24.2 Å². The third-order valence-electron chi connectivity index (χ3n) is 5.49. The number of halogens is 2. The molecule has 1 saturated carbocycles. The van der Waals surface area contributed by atoms with Gasteiger partial charge in [-0.25, -0.2) is 0 Å². The van der Waals surface area contributed by atoms with Gasteiger partial charge in [0.05, 0.1) is 6.42 Å². The molecule has 134 valence electrons. The van der Waals surface area contributed by atoms with Crippen LogP contribution >= 0.6 is 24.0 Å². The van der Waals surface area contributed by atoms with E-state index in [1.807, 2.05) is 36.2 Å². The maximum Gasteiger partial charge on any atom is 0.227 e. The van der Waals surface area contributed by atoms with Crippen molar-refractivity contribution in [1.82, 2.24) is 9.80 Å². The first-order valence-electron chi connectivity index (χ1n) is 8.90. The minimum atomic E-state index is 0. The monoisotopic (exact) mass is 370 g/mol. The van der Waals surface area contributed by atoms with Gasteiger partial charge in [0.25, 0.3) is 0 Å². The molecule has 1 saturated heterocycles. The highest BCUT2D eigenvalue weighted by Crippen LogP contribution is 2.29. The normalized spacial score (nSPS) is 24.4. The highest BCUT2D eigenvalue weighted by Gasteiger charge is 2.35. The van der Waals surface area contributed by atoms with Crippen LogP contribution in [0.15, 0.2) is 24.3 Å². The summed E-state index contributed by atoms with van der Waals surface area (Å²) in [6.45, 7) is 2.40. The van der Waals surface area contributed by atoms with Crippen molar-refractivity contribution < 1.29 is 4.79 Å². The zero-order valence-corrected chi connectivity index (χ0v) is 16.0. The summed E-state index contributed by atoms with van der Waals surface area (Å²) in [5.41, 5.74) is 0.930. The Balaban J connectivity index is 0.00000208. The van der Waals surface area contributed by atoms with Crippen molar-refractivity contribution in [3.05, 3.63) is 34.9 Å². The van der Waals surface area contributed by atoms with Crippen molar-refractivity contribution >= 4 is 29.9 Å². The topological polar surface area (TPSA) is 23.6 Å². The predicted molar refractivity (Wildman–Crippen MR) is 102 cm³/mol. The average Bonchev–Trinajstić information content (AvgIpc) is 3.10. The van der Waals surface area contributed by atoms with Gasteiger partial charge in [-0.05, 0) is 50.4 Å². The van der Waals surface area contributed by atoms with Crippen LogP contribution in [-0.2, 0) is 11.2 Å². The lowest BCUT2D eigenvalue weighted by molar-refractivity contribution is -0.133. The lowest BCUT2D eigenvalue weighted by atomic mass is 9.88. The summed E-state index contributed by atoms with van der Waals surface area (Å²) in [6, 6.07) is 8.57. The fraction of sp³-hybridized carbons (Fsp3) is 0.632. The predicted octanol–water partition coefficient (Wildman–Crippen LogP) is 4.17. The molecular weight excluding hydrogens is 343 g/mol. The van der Waals surface area contributed by atoms with Crippen LogP contribution in [0.3, 0.4) is 0 Å². The minimum absolute atomic E-state index is 0. The molecule has 1 aromatic rings. The zero-order valence-electron chi connectivity index (χ0n) is 14.4. The number of rotatable bonds is 4. The second-order valence-corrected chi connectivity index (χ2v) is 7.34. The number of likely N-dealkylation sites (tertiary alicyclic amines) is 1. The molecule has 0 N–H and O–H groups in total. The van der Waals surface area contributed by atoms with E-state index in [-0.39, 0.29) is 18.3 Å². The molecule has 2 atom stereocenters.